The minimum Gasteiger partial charge on any atom is -0.481 e. The second-order valence-corrected chi connectivity index (χ2v) is 9.26. The molecule has 7 N–H and O–H groups in total. The van der Waals surface area contributed by atoms with Crippen LogP contribution in [0.25, 0.3) is 0 Å². The highest BCUT2D eigenvalue weighted by molar-refractivity contribution is 5.66. The molecule has 0 aromatic carbocycles. The maximum atomic E-state index is 10.3. The third kappa shape index (κ3) is 31.2. The van der Waals surface area contributed by atoms with E-state index in [0.29, 0.717) is 6.42 Å². The van der Waals surface area contributed by atoms with Crippen molar-refractivity contribution in [2.45, 2.75) is 123 Å². The van der Waals surface area contributed by atoms with E-state index < -0.39 is 43.9 Å². The van der Waals surface area contributed by atoms with Gasteiger partial charge in [-0.1, -0.05) is 96.8 Å². The fraction of sp³-hybridized carbons (Fsp3) is 0.962. The highest BCUT2D eigenvalue weighted by Gasteiger charge is 2.26. The Bertz CT molecular complexity index is 369. The third-order valence-electron chi connectivity index (χ3n) is 5.60. The lowest BCUT2D eigenvalue weighted by Crippen LogP contribution is -2.37. The first-order chi connectivity index (χ1) is 16.3. The lowest BCUT2D eigenvalue weighted by atomic mass is 9.93. The van der Waals surface area contributed by atoms with Crippen LogP contribution in [-0.2, 0) is 4.79 Å². The number of rotatable bonds is 21. The van der Waals surface area contributed by atoms with Crippen LogP contribution in [0.15, 0.2) is 0 Å². The minimum absolute atomic E-state index is 0.139. The average Bonchev–Trinajstić information content (AvgIpc) is 2.84. The summed E-state index contributed by atoms with van der Waals surface area (Å²) in [6, 6.07) is 0. The van der Waals surface area contributed by atoms with Gasteiger partial charge >= 0.3 is 5.97 Å². The molecule has 208 valence electrons. The molecule has 0 saturated heterocycles. The van der Waals surface area contributed by atoms with Crippen molar-refractivity contribution >= 4 is 5.97 Å². The van der Waals surface area contributed by atoms with Crippen molar-refractivity contribution in [2.75, 3.05) is 33.0 Å². The molecule has 0 aliphatic carbocycles. The van der Waals surface area contributed by atoms with Crippen molar-refractivity contribution in [1.29, 1.82) is 0 Å². The summed E-state index contributed by atoms with van der Waals surface area (Å²) in [6.45, 7) is 2.03. The summed E-state index contributed by atoms with van der Waals surface area (Å²) in [4.78, 5) is 10.3. The van der Waals surface area contributed by atoms with Gasteiger partial charge in [-0.3, -0.25) is 4.79 Å². The summed E-state index contributed by atoms with van der Waals surface area (Å²) in [7, 11) is 0. The van der Waals surface area contributed by atoms with Crippen LogP contribution in [0.2, 0.25) is 0 Å². The lowest BCUT2D eigenvalue weighted by Gasteiger charge is -2.23. The van der Waals surface area contributed by atoms with Crippen LogP contribution in [0, 0.1) is 5.41 Å². The fourth-order valence-corrected chi connectivity index (χ4v) is 2.95. The van der Waals surface area contributed by atoms with E-state index in [1.165, 1.54) is 90.4 Å². The van der Waals surface area contributed by atoms with Gasteiger partial charge in [0.05, 0.1) is 44.6 Å². The second kappa shape index (κ2) is 30.3. The van der Waals surface area contributed by atoms with Crippen molar-refractivity contribution in [3.05, 3.63) is 0 Å². The second-order valence-electron chi connectivity index (χ2n) is 9.26. The van der Waals surface area contributed by atoms with Gasteiger partial charge in [-0.05, 0) is 13.3 Å². The van der Waals surface area contributed by atoms with Crippen molar-refractivity contribution in [3.8, 4) is 0 Å². The molecule has 34 heavy (non-hydrogen) atoms. The van der Waals surface area contributed by atoms with Gasteiger partial charge in [-0.25, -0.2) is 0 Å². The van der Waals surface area contributed by atoms with Crippen molar-refractivity contribution < 1.29 is 40.5 Å². The number of unbranched alkanes of at least 4 members (excludes halogenated alkanes) is 14. The normalized spacial score (nSPS) is 11.8. The van der Waals surface area contributed by atoms with Gasteiger partial charge in [0.2, 0.25) is 0 Å². The van der Waals surface area contributed by atoms with E-state index >= 15 is 0 Å². The molecule has 0 spiro atoms. The number of hydrogen-bond donors (Lipinski definition) is 7. The summed E-state index contributed by atoms with van der Waals surface area (Å²) >= 11 is 0. The molecule has 0 rings (SSSR count). The molecule has 0 saturated carbocycles. The molecule has 0 aromatic rings. The molecule has 1 atom stereocenters. The molecular formula is C26H56O8. The molecule has 8 heteroatoms. The summed E-state index contributed by atoms with van der Waals surface area (Å²) < 4.78 is 0. The molecule has 0 amide bonds. The molecule has 0 aliphatic rings. The number of hydrogen-bond acceptors (Lipinski definition) is 7. The van der Waals surface area contributed by atoms with Crippen LogP contribution >= 0.6 is 0 Å². The highest BCUT2D eigenvalue weighted by atomic mass is 16.4. The average molecular weight is 497 g/mol. The predicted octanol–water partition coefficient (Wildman–Crippen LogP) is 3.63. The summed E-state index contributed by atoms with van der Waals surface area (Å²) in [6.07, 6.45) is 19.6. The first kappa shape index (κ1) is 37.8. The number of carboxylic acid groups (broad SMARTS) is 1. The Morgan fingerprint density at radius 1 is 0.618 bits per heavy atom. The molecule has 1 unspecified atom stereocenters. The molecule has 0 fully saturated rings. The molecule has 0 bridgehead atoms. The van der Waals surface area contributed by atoms with Gasteiger partial charge in [-0.15, -0.1) is 0 Å². The topological polar surface area (TPSA) is 159 Å². The van der Waals surface area contributed by atoms with E-state index in [9.17, 15) is 4.79 Å². The molecule has 8 nitrogen and oxygen atoms in total. The Labute approximate surface area is 208 Å². The lowest BCUT2D eigenvalue weighted by molar-refractivity contribution is -0.137. The summed E-state index contributed by atoms with van der Waals surface area (Å²) in [5.41, 5.74) is -1.11. The van der Waals surface area contributed by atoms with Crippen LogP contribution in [0.4, 0.5) is 0 Å². The number of aliphatic hydroxyl groups is 6. The zero-order valence-electron chi connectivity index (χ0n) is 22.0. The highest BCUT2D eigenvalue weighted by Crippen LogP contribution is 2.14. The monoisotopic (exact) mass is 496 g/mol. The SMILES string of the molecule is CC(O)CO.CCCCCCCCCCCCCCCCCC(=O)O.OCC(CO)(CO)CO. The summed E-state index contributed by atoms with van der Waals surface area (Å²) in [5, 5.41) is 58.5. The molecule has 0 aliphatic heterocycles. The number of aliphatic carboxylic acids is 1. The van der Waals surface area contributed by atoms with Gasteiger partial charge in [0.15, 0.2) is 0 Å². The van der Waals surface area contributed by atoms with Crippen molar-refractivity contribution in [1.82, 2.24) is 0 Å². The van der Waals surface area contributed by atoms with Gasteiger partial charge in [0.25, 0.3) is 0 Å². The Balaban J connectivity index is -0.000000563. The van der Waals surface area contributed by atoms with Crippen LogP contribution in [0.3, 0.4) is 0 Å². The number of carbonyl (C=O) groups is 1. The first-order valence-corrected chi connectivity index (χ1v) is 13.2. The summed E-state index contributed by atoms with van der Waals surface area (Å²) in [5.74, 6) is -0.653. The first-order valence-electron chi connectivity index (χ1n) is 13.2. The van der Waals surface area contributed by atoms with Crippen LogP contribution < -0.4 is 0 Å². The minimum atomic E-state index is -1.11. The standard InChI is InChI=1S/C18H36O2.C5H12O4.C3H8O2/c1-2-3-4-5-6-7-8-9-10-11-12-13-14-15-16-17-18(19)20;6-1-5(2-7,3-8)4-9;1-3(5)2-4/h2-17H2,1H3,(H,19,20);6-9H,1-4H2;3-5H,2H2,1H3. The number of carboxylic acids is 1. The number of aliphatic hydroxyl groups excluding tert-OH is 6. The van der Waals surface area contributed by atoms with Crippen LogP contribution in [0.1, 0.15) is 117 Å². The van der Waals surface area contributed by atoms with E-state index in [0.717, 1.165) is 12.8 Å². The molecular weight excluding hydrogens is 440 g/mol. The van der Waals surface area contributed by atoms with E-state index in [1.54, 1.807) is 0 Å². The van der Waals surface area contributed by atoms with Crippen molar-refractivity contribution in [2.24, 2.45) is 5.41 Å². The maximum absolute atomic E-state index is 10.3. The smallest absolute Gasteiger partial charge is 0.303 e. The van der Waals surface area contributed by atoms with E-state index in [-0.39, 0.29) is 6.61 Å². The Morgan fingerprint density at radius 2 is 0.882 bits per heavy atom. The Kier molecular flexibility index (Phi) is 33.6. The molecule has 0 aromatic heterocycles. The van der Waals surface area contributed by atoms with Crippen LogP contribution in [0.5, 0.6) is 0 Å². The molecule has 0 radical (unpaired) electrons. The maximum Gasteiger partial charge on any atom is 0.303 e. The van der Waals surface area contributed by atoms with Gasteiger partial charge in [0.1, 0.15) is 0 Å². The van der Waals surface area contributed by atoms with Crippen LogP contribution in [-0.4, -0.2) is 80.9 Å². The Morgan fingerprint density at radius 3 is 1.06 bits per heavy atom. The quantitative estimate of drug-likeness (QED) is 0.119. The largest absolute Gasteiger partial charge is 0.481 e. The van der Waals surface area contributed by atoms with E-state index in [4.69, 9.17) is 35.7 Å². The zero-order valence-corrected chi connectivity index (χ0v) is 22.0. The Hall–Kier alpha value is -0.770. The van der Waals surface area contributed by atoms with Gasteiger partial charge in [-0.2, -0.15) is 0 Å². The van der Waals surface area contributed by atoms with Gasteiger partial charge in [0, 0.05) is 6.42 Å². The third-order valence-corrected chi connectivity index (χ3v) is 5.60. The zero-order chi connectivity index (χ0) is 26.5. The van der Waals surface area contributed by atoms with Gasteiger partial charge < -0.3 is 35.7 Å². The molecule has 0 heterocycles. The van der Waals surface area contributed by atoms with E-state index in [1.807, 2.05) is 0 Å². The van der Waals surface area contributed by atoms with E-state index in [2.05, 4.69) is 6.92 Å². The van der Waals surface area contributed by atoms with Crippen molar-refractivity contribution in [3.63, 3.8) is 0 Å². The fourth-order valence-electron chi connectivity index (χ4n) is 2.95. The predicted molar refractivity (Wildman–Crippen MR) is 137 cm³/mol.